The Kier molecular flexibility index (Phi) is 6.85. The molecule has 0 spiro atoms. The molecule has 0 bridgehead atoms. The number of fused-ring (bicyclic) bond motifs is 1. The molecule has 1 N–H and O–H groups in total. The van der Waals surface area contributed by atoms with Crippen LogP contribution in [-0.2, 0) is 27.7 Å². The number of rotatable bonds is 7. The predicted octanol–water partition coefficient (Wildman–Crippen LogP) is 3.66. The summed E-state index contributed by atoms with van der Waals surface area (Å²) in [6.45, 7) is 7.81. The molecule has 0 aliphatic rings. The summed E-state index contributed by atoms with van der Waals surface area (Å²) in [5.41, 5.74) is 4.19. The lowest BCUT2D eigenvalue weighted by Crippen LogP contribution is -2.32. The Morgan fingerprint density at radius 1 is 1.14 bits per heavy atom. The quantitative estimate of drug-likeness (QED) is 0.403. The number of amides is 1. The highest BCUT2D eigenvalue weighted by Crippen LogP contribution is 2.31. The van der Waals surface area contributed by atoms with Crippen LogP contribution < -0.4 is 5.32 Å². The first kappa shape index (κ1) is 25.4. The Balaban J connectivity index is 1.76. The monoisotopic (exact) mass is 510 g/mol. The molecule has 10 nitrogen and oxygen atoms in total. The molecule has 0 aliphatic heterocycles. The normalized spacial score (nSPS) is 12.1. The topological polar surface area (TPSA) is 121 Å². The third kappa shape index (κ3) is 6.09. The van der Waals surface area contributed by atoms with Crippen molar-refractivity contribution in [3.63, 3.8) is 0 Å². The van der Waals surface area contributed by atoms with Gasteiger partial charge in [0, 0.05) is 24.2 Å². The lowest BCUT2D eigenvalue weighted by molar-refractivity contribution is 0.0523. The summed E-state index contributed by atoms with van der Waals surface area (Å²) in [6, 6.07) is 9.78. The average molecular weight is 511 g/mol. The largest absolute Gasteiger partial charge is 0.444 e. The van der Waals surface area contributed by atoms with Crippen LogP contribution in [0.1, 0.15) is 32.0 Å². The molecule has 0 radical (unpaired) electrons. The summed E-state index contributed by atoms with van der Waals surface area (Å²) in [4.78, 5) is 16.9. The maximum Gasteiger partial charge on any atom is 0.407 e. The molecular weight excluding hydrogens is 480 g/mol. The minimum atomic E-state index is -3.11. The van der Waals surface area contributed by atoms with E-state index in [-0.39, 0.29) is 18.8 Å². The first-order chi connectivity index (χ1) is 16.9. The number of hydrogen-bond acceptors (Lipinski definition) is 7. The maximum atomic E-state index is 12.3. The summed E-state index contributed by atoms with van der Waals surface area (Å²) in [5.74, 6) is -0.00368. The highest BCUT2D eigenvalue weighted by Gasteiger charge is 2.21. The van der Waals surface area contributed by atoms with E-state index < -0.39 is 21.5 Å². The predicted molar refractivity (Wildman–Crippen MR) is 138 cm³/mol. The van der Waals surface area contributed by atoms with Gasteiger partial charge in [0.15, 0.2) is 5.65 Å². The molecule has 36 heavy (non-hydrogen) atoms. The number of alkyl carbamates (subject to hydrolysis) is 1. The average Bonchev–Trinajstić information content (AvgIpc) is 3.40. The molecule has 0 saturated carbocycles. The minimum absolute atomic E-state index is 0.00368. The SMILES string of the molecule is Cc1ccc(-n2nc(CNC(=O)OC(C)(C)C)c3c(-c4cnn(CCS(C)(=O)=O)c4)ccnc32)cc1. The number of pyridine rings is 1. The van der Waals surface area contributed by atoms with Gasteiger partial charge in [0.2, 0.25) is 0 Å². The van der Waals surface area contributed by atoms with E-state index >= 15 is 0 Å². The van der Waals surface area contributed by atoms with Crippen LogP contribution in [0.25, 0.3) is 27.8 Å². The first-order valence-corrected chi connectivity index (χ1v) is 13.6. The Bertz CT molecular complexity index is 1500. The highest BCUT2D eigenvalue weighted by atomic mass is 32.2. The van der Waals surface area contributed by atoms with Crippen LogP contribution in [0.5, 0.6) is 0 Å². The molecule has 0 unspecified atom stereocenters. The van der Waals surface area contributed by atoms with Crippen molar-refractivity contribution in [2.45, 2.75) is 46.4 Å². The third-order valence-electron chi connectivity index (χ3n) is 5.35. The standard InChI is InChI=1S/C25H30N6O4S/c1-17-6-8-19(9-7-17)31-23-22(21(29-31)15-27-24(32)35-25(2,3)4)20(10-11-26-23)18-14-28-30(16-18)12-13-36(5,33)34/h6-11,14,16H,12-13,15H2,1-5H3,(H,27,32). The second kappa shape index (κ2) is 9.73. The number of carbonyl (C=O) groups is 1. The Hall–Kier alpha value is -3.73. The summed E-state index contributed by atoms with van der Waals surface area (Å²) < 4.78 is 31.9. The fourth-order valence-electron chi connectivity index (χ4n) is 3.70. The number of aryl methyl sites for hydroxylation is 2. The molecule has 0 saturated heterocycles. The van der Waals surface area contributed by atoms with Crippen molar-refractivity contribution < 1.29 is 17.9 Å². The van der Waals surface area contributed by atoms with E-state index in [4.69, 9.17) is 9.84 Å². The van der Waals surface area contributed by atoms with Crippen LogP contribution in [0.3, 0.4) is 0 Å². The molecule has 3 heterocycles. The second-order valence-electron chi connectivity index (χ2n) is 9.73. The summed E-state index contributed by atoms with van der Waals surface area (Å²) in [6.07, 6.45) is 5.84. The van der Waals surface area contributed by atoms with E-state index in [1.807, 2.05) is 37.3 Å². The lowest BCUT2D eigenvalue weighted by Gasteiger charge is -2.19. The summed E-state index contributed by atoms with van der Waals surface area (Å²) >= 11 is 0. The Morgan fingerprint density at radius 2 is 1.86 bits per heavy atom. The zero-order valence-electron chi connectivity index (χ0n) is 21.0. The van der Waals surface area contributed by atoms with E-state index in [1.54, 1.807) is 48.7 Å². The van der Waals surface area contributed by atoms with Gasteiger partial charge in [-0.05, 0) is 51.5 Å². The van der Waals surface area contributed by atoms with Crippen LogP contribution in [0.4, 0.5) is 4.79 Å². The van der Waals surface area contributed by atoms with Crippen molar-refractivity contribution in [3.8, 4) is 16.8 Å². The van der Waals surface area contributed by atoms with Gasteiger partial charge in [-0.1, -0.05) is 17.7 Å². The highest BCUT2D eigenvalue weighted by molar-refractivity contribution is 7.90. The Morgan fingerprint density at radius 3 is 2.53 bits per heavy atom. The molecule has 4 rings (SSSR count). The number of sulfone groups is 1. The van der Waals surface area contributed by atoms with Crippen LogP contribution in [0.2, 0.25) is 0 Å². The number of aromatic nitrogens is 5. The van der Waals surface area contributed by atoms with Crippen molar-refractivity contribution in [3.05, 3.63) is 60.2 Å². The number of hydrogen-bond donors (Lipinski definition) is 1. The molecule has 1 aromatic carbocycles. The number of nitrogens with one attached hydrogen (secondary N) is 1. The van der Waals surface area contributed by atoms with Crippen LogP contribution in [0.15, 0.2) is 48.9 Å². The molecule has 4 aromatic rings. The van der Waals surface area contributed by atoms with E-state index in [0.29, 0.717) is 11.3 Å². The van der Waals surface area contributed by atoms with Gasteiger partial charge >= 0.3 is 6.09 Å². The zero-order chi connectivity index (χ0) is 26.1. The van der Waals surface area contributed by atoms with Crippen LogP contribution in [0, 0.1) is 6.92 Å². The molecule has 190 valence electrons. The van der Waals surface area contributed by atoms with Crippen LogP contribution >= 0.6 is 0 Å². The van der Waals surface area contributed by atoms with Crippen molar-refractivity contribution in [2.24, 2.45) is 0 Å². The van der Waals surface area contributed by atoms with Gasteiger partial charge in [0.25, 0.3) is 0 Å². The van der Waals surface area contributed by atoms with Gasteiger partial charge in [0.1, 0.15) is 15.4 Å². The number of carbonyl (C=O) groups excluding carboxylic acids is 1. The van der Waals surface area contributed by atoms with Gasteiger partial charge in [-0.15, -0.1) is 0 Å². The molecule has 3 aromatic heterocycles. The fraction of sp³-hybridized carbons (Fsp3) is 0.360. The molecule has 11 heteroatoms. The lowest BCUT2D eigenvalue weighted by atomic mass is 10.1. The van der Waals surface area contributed by atoms with E-state index in [9.17, 15) is 13.2 Å². The van der Waals surface area contributed by atoms with E-state index in [1.165, 1.54) is 6.26 Å². The molecule has 0 aliphatic carbocycles. The van der Waals surface area contributed by atoms with Crippen LogP contribution in [-0.4, -0.2) is 56.7 Å². The third-order valence-corrected chi connectivity index (χ3v) is 6.28. The maximum absolute atomic E-state index is 12.3. The van der Waals surface area contributed by atoms with Gasteiger partial charge in [-0.2, -0.15) is 10.2 Å². The minimum Gasteiger partial charge on any atom is -0.444 e. The molecule has 0 fully saturated rings. The van der Waals surface area contributed by atoms with Gasteiger partial charge in [-0.25, -0.2) is 22.9 Å². The molecule has 1 amide bonds. The van der Waals surface area contributed by atoms with Crippen molar-refractivity contribution in [1.82, 2.24) is 29.9 Å². The number of ether oxygens (including phenoxy) is 1. The van der Waals surface area contributed by atoms with Crippen molar-refractivity contribution >= 4 is 27.0 Å². The molecular formula is C25H30N6O4S. The summed E-state index contributed by atoms with van der Waals surface area (Å²) in [7, 11) is -3.11. The number of benzene rings is 1. The number of nitrogens with zero attached hydrogens (tertiary/aromatic N) is 5. The fourth-order valence-corrected chi connectivity index (χ4v) is 4.22. The second-order valence-corrected chi connectivity index (χ2v) is 12.0. The summed E-state index contributed by atoms with van der Waals surface area (Å²) in [5, 5.41) is 12.7. The smallest absolute Gasteiger partial charge is 0.407 e. The first-order valence-electron chi connectivity index (χ1n) is 11.5. The van der Waals surface area contributed by atoms with E-state index in [2.05, 4.69) is 15.4 Å². The van der Waals surface area contributed by atoms with Gasteiger partial charge in [-0.3, -0.25) is 4.68 Å². The zero-order valence-corrected chi connectivity index (χ0v) is 21.8. The van der Waals surface area contributed by atoms with Gasteiger partial charge < -0.3 is 10.1 Å². The van der Waals surface area contributed by atoms with Crippen molar-refractivity contribution in [1.29, 1.82) is 0 Å². The van der Waals surface area contributed by atoms with E-state index in [0.717, 1.165) is 27.8 Å². The Labute approximate surface area is 210 Å². The van der Waals surface area contributed by atoms with Gasteiger partial charge in [0.05, 0.1) is 41.8 Å². The van der Waals surface area contributed by atoms with Crippen molar-refractivity contribution in [2.75, 3.05) is 12.0 Å². The molecule has 0 atom stereocenters.